The van der Waals surface area contributed by atoms with Crippen molar-refractivity contribution < 1.29 is 18.8 Å². The fourth-order valence-corrected chi connectivity index (χ4v) is 3.98. The number of methoxy groups -OCH3 is 2. The van der Waals surface area contributed by atoms with E-state index in [1.807, 2.05) is 53.4 Å². The fraction of sp³-hybridized carbons (Fsp3) is 0.375. The summed E-state index contributed by atoms with van der Waals surface area (Å²) in [7, 11) is 3.27. The molecule has 1 aliphatic rings. The third-order valence-corrected chi connectivity index (χ3v) is 5.68. The Morgan fingerprint density at radius 2 is 2.03 bits per heavy atom. The number of piperidine rings is 1. The SMILES string of the molecule is COc1cccc(CCC(=O)N2CCC[C@@H](c3noc(-c4ccccc4OC)n3)C2)c1. The molecule has 0 saturated carbocycles. The van der Waals surface area contributed by atoms with Crippen molar-refractivity contribution in [3.8, 4) is 23.0 Å². The molecule has 7 nitrogen and oxygen atoms in total. The number of hydrogen-bond donors (Lipinski definition) is 0. The number of amides is 1. The first-order valence-corrected chi connectivity index (χ1v) is 10.6. The third-order valence-electron chi connectivity index (χ3n) is 5.68. The van der Waals surface area contributed by atoms with Gasteiger partial charge in [-0.2, -0.15) is 4.98 Å². The summed E-state index contributed by atoms with van der Waals surface area (Å²) in [5.74, 6) is 2.81. The Morgan fingerprint density at radius 3 is 2.87 bits per heavy atom. The first-order valence-electron chi connectivity index (χ1n) is 10.6. The zero-order valence-electron chi connectivity index (χ0n) is 17.9. The minimum Gasteiger partial charge on any atom is -0.497 e. The molecular formula is C24H27N3O4. The number of carbonyl (C=O) groups excluding carboxylic acids is 1. The van der Waals surface area contributed by atoms with E-state index in [1.165, 1.54) is 0 Å². The fourth-order valence-electron chi connectivity index (χ4n) is 3.98. The molecule has 0 unspecified atom stereocenters. The molecule has 3 aromatic rings. The summed E-state index contributed by atoms with van der Waals surface area (Å²) in [4.78, 5) is 19.4. The van der Waals surface area contributed by atoms with Crippen LogP contribution in [-0.4, -0.2) is 48.3 Å². The van der Waals surface area contributed by atoms with Crippen molar-refractivity contribution in [2.75, 3.05) is 27.3 Å². The van der Waals surface area contributed by atoms with Gasteiger partial charge in [-0.25, -0.2) is 0 Å². The van der Waals surface area contributed by atoms with Crippen LogP contribution in [0.4, 0.5) is 0 Å². The summed E-state index contributed by atoms with van der Waals surface area (Å²) < 4.78 is 16.2. The van der Waals surface area contributed by atoms with Gasteiger partial charge < -0.3 is 18.9 Å². The smallest absolute Gasteiger partial charge is 0.261 e. The average Bonchev–Trinajstić information content (AvgIpc) is 3.33. The summed E-state index contributed by atoms with van der Waals surface area (Å²) in [6.45, 7) is 1.38. The monoisotopic (exact) mass is 421 g/mol. The van der Waals surface area contributed by atoms with Gasteiger partial charge in [-0.05, 0) is 49.1 Å². The third kappa shape index (κ3) is 4.87. The summed E-state index contributed by atoms with van der Waals surface area (Å²) in [6.07, 6.45) is 3.02. The van der Waals surface area contributed by atoms with Crippen molar-refractivity contribution in [3.63, 3.8) is 0 Å². The van der Waals surface area contributed by atoms with E-state index < -0.39 is 0 Å². The first kappa shape index (κ1) is 20.9. The Hall–Kier alpha value is -3.35. The van der Waals surface area contributed by atoms with Crippen LogP contribution in [-0.2, 0) is 11.2 Å². The molecule has 7 heteroatoms. The molecule has 162 valence electrons. The van der Waals surface area contributed by atoms with E-state index in [0.29, 0.717) is 36.9 Å². The highest BCUT2D eigenvalue weighted by molar-refractivity contribution is 5.76. The van der Waals surface area contributed by atoms with Gasteiger partial charge in [0, 0.05) is 25.4 Å². The maximum absolute atomic E-state index is 12.8. The second-order valence-corrected chi connectivity index (χ2v) is 7.69. The van der Waals surface area contributed by atoms with Crippen LogP contribution in [0.25, 0.3) is 11.5 Å². The summed E-state index contributed by atoms with van der Waals surface area (Å²) in [5.41, 5.74) is 1.87. The van der Waals surface area contributed by atoms with E-state index in [1.54, 1.807) is 14.2 Å². The van der Waals surface area contributed by atoms with Crippen molar-refractivity contribution in [1.82, 2.24) is 15.0 Å². The zero-order chi connectivity index (χ0) is 21.6. The summed E-state index contributed by atoms with van der Waals surface area (Å²) in [5, 5.41) is 4.20. The molecule has 1 amide bonds. The number of likely N-dealkylation sites (tertiary alicyclic amines) is 1. The molecule has 0 spiro atoms. The lowest BCUT2D eigenvalue weighted by Crippen LogP contribution is -2.39. The van der Waals surface area contributed by atoms with Crippen molar-refractivity contribution >= 4 is 5.91 Å². The number of carbonyl (C=O) groups is 1. The zero-order valence-corrected chi connectivity index (χ0v) is 17.9. The Kier molecular flexibility index (Phi) is 6.50. The maximum Gasteiger partial charge on any atom is 0.261 e. The van der Waals surface area contributed by atoms with Crippen LogP contribution in [0, 0.1) is 0 Å². The quantitative estimate of drug-likeness (QED) is 0.572. The van der Waals surface area contributed by atoms with Gasteiger partial charge >= 0.3 is 0 Å². The van der Waals surface area contributed by atoms with E-state index in [-0.39, 0.29) is 11.8 Å². The van der Waals surface area contributed by atoms with E-state index in [4.69, 9.17) is 14.0 Å². The number of benzene rings is 2. The van der Waals surface area contributed by atoms with Gasteiger partial charge in [0.1, 0.15) is 11.5 Å². The second-order valence-electron chi connectivity index (χ2n) is 7.69. The molecule has 0 N–H and O–H groups in total. The summed E-state index contributed by atoms with van der Waals surface area (Å²) in [6, 6.07) is 15.4. The van der Waals surface area contributed by atoms with Crippen molar-refractivity contribution in [1.29, 1.82) is 0 Å². The van der Waals surface area contributed by atoms with Crippen LogP contribution >= 0.6 is 0 Å². The van der Waals surface area contributed by atoms with Crippen LogP contribution in [0.2, 0.25) is 0 Å². The van der Waals surface area contributed by atoms with E-state index >= 15 is 0 Å². The minimum absolute atomic E-state index is 0.0710. The molecule has 0 bridgehead atoms. The summed E-state index contributed by atoms with van der Waals surface area (Å²) >= 11 is 0. The lowest BCUT2D eigenvalue weighted by Gasteiger charge is -2.31. The topological polar surface area (TPSA) is 77.7 Å². The van der Waals surface area contributed by atoms with E-state index in [0.717, 1.165) is 36.3 Å². The molecule has 1 saturated heterocycles. The lowest BCUT2D eigenvalue weighted by atomic mass is 9.96. The second kappa shape index (κ2) is 9.64. The largest absolute Gasteiger partial charge is 0.497 e. The van der Waals surface area contributed by atoms with Crippen LogP contribution in [0.3, 0.4) is 0 Å². The number of rotatable bonds is 7. The normalized spacial score (nSPS) is 16.2. The first-order chi connectivity index (χ1) is 15.2. The predicted octanol–water partition coefficient (Wildman–Crippen LogP) is 4.09. The van der Waals surface area contributed by atoms with Gasteiger partial charge in [-0.1, -0.05) is 29.4 Å². The van der Waals surface area contributed by atoms with Gasteiger partial charge in [0.2, 0.25) is 5.91 Å². The van der Waals surface area contributed by atoms with Gasteiger partial charge in [-0.3, -0.25) is 4.79 Å². The Bertz CT molecular complexity index is 1030. The van der Waals surface area contributed by atoms with Gasteiger partial charge in [0.25, 0.3) is 5.89 Å². The number of ether oxygens (including phenoxy) is 2. The van der Waals surface area contributed by atoms with Crippen molar-refractivity contribution in [3.05, 3.63) is 59.9 Å². The molecule has 1 aliphatic heterocycles. The van der Waals surface area contributed by atoms with E-state index in [9.17, 15) is 4.79 Å². The molecule has 1 fully saturated rings. The molecule has 2 aromatic carbocycles. The molecule has 31 heavy (non-hydrogen) atoms. The van der Waals surface area contributed by atoms with Crippen molar-refractivity contribution in [2.24, 2.45) is 0 Å². The molecule has 0 aliphatic carbocycles. The minimum atomic E-state index is 0.0710. The predicted molar refractivity (Wildman–Crippen MR) is 116 cm³/mol. The van der Waals surface area contributed by atoms with Gasteiger partial charge in [0.05, 0.1) is 19.8 Å². The van der Waals surface area contributed by atoms with Gasteiger partial charge in [0.15, 0.2) is 5.82 Å². The number of nitrogens with zero attached hydrogens (tertiary/aromatic N) is 3. The molecular weight excluding hydrogens is 394 g/mol. The average molecular weight is 421 g/mol. The van der Waals surface area contributed by atoms with E-state index in [2.05, 4.69) is 10.1 Å². The number of aryl methyl sites for hydroxylation is 1. The molecule has 1 atom stereocenters. The molecule has 2 heterocycles. The highest BCUT2D eigenvalue weighted by Gasteiger charge is 2.28. The standard InChI is InChI=1S/C24H27N3O4/c1-29-19-9-5-7-17(15-19)12-13-22(28)27-14-6-8-18(16-27)23-25-24(31-26-23)20-10-3-4-11-21(20)30-2/h3-5,7,9-11,15,18H,6,8,12-14,16H2,1-2H3/t18-/m1/s1. The van der Waals surface area contributed by atoms with Crippen LogP contribution in [0.1, 0.15) is 36.6 Å². The van der Waals surface area contributed by atoms with Gasteiger partial charge in [-0.15, -0.1) is 0 Å². The van der Waals surface area contributed by atoms with Crippen LogP contribution < -0.4 is 9.47 Å². The Labute approximate surface area is 182 Å². The highest BCUT2D eigenvalue weighted by Crippen LogP contribution is 2.31. The van der Waals surface area contributed by atoms with Crippen LogP contribution in [0.15, 0.2) is 53.1 Å². The lowest BCUT2D eigenvalue weighted by molar-refractivity contribution is -0.132. The maximum atomic E-state index is 12.8. The Morgan fingerprint density at radius 1 is 1.16 bits per heavy atom. The Balaban J connectivity index is 1.39. The molecule has 4 rings (SSSR count). The number of hydrogen-bond acceptors (Lipinski definition) is 6. The van der Waals surface area contributed by atoms with Crippen molar-refractivity contribution in [2.45, 2.75) is 31.6 Å². The number of aromatic nitrogens is 2. The number of para-hydroxylation sites is 1. The van der Waals surface area contributed by atoms with Crippen LogP contribution in [0.5, 0.6) is 11.5 Å². The molecule has 1 aromatic heterocycles. The highest BCUT2D eigenvalue weighted by atomic mass is 16.5. The molecule has 0 radical (unpaired) electrons.